The van der Waals surface area contributed by atoms with Gasteiger partial charge >= 0.3 is 0 Å². The molecule has 2 rings (SSSR count). The topological polar surface area (TPSA) is 59.1 Å². The van der Waals surface area contributed by atoms with Gasteiger partial charge in [0, 0.05) is 11.8 Å². The Morgan fingerprint density at radius 2 is 1.88 bits per heavy atom. The number of nitrogens with two attached hydrogens (primary N) is 1. The first-order valence-electron chi connectivity index (χ1n) is 6.07. The number of hydrogen-bond acceptors (Lipinski definition) is 3. The van der Waals surface area contributed by atoms with E-state index in [9.17, 15) is 5.11 Å². The van der Waals surface area contributed by atoms with E-state index in [1.165, 1.54) is 12.8 Å². The van der Waals surface area contributed by atoms with Crippen molar-refractivity contribution in [1.29, 1.82) is 0 Å². The van der Waals surface area contributed by atoms with Crippen LogP contribution in [-0.2, 0) is 5.60 Å². The van der Waals surface area contributed by atoms with Gasteiger partial charge in [0.2, 0.25) is 0 Å². The lowest BCUT2D eigenvalue weighted by atomic mass is 9.86. The Morgan fingerprint density at radius 1 is 1.25 bits per heavy atom. The van der Waals surface area contributed by atoms with Gasteiger partial charge in [0.1, 0.15) is 5.82 Å². The third kappa shape index (κ3) is 2.19. The van der Waals surface area contributed by atoms with Gasteiger partial charge in [-0.3, -0.25) is 0 Å². The minimum Gasteiger partial charge on any atom is -0.385 e. The van der Waals surface area contributed by atoms with Crippen molar-refractivity contribution in [2.24, 2.45) is 0 Å². The molecule has 1 saturated carbocycles. The highest BCUT2D eigenvalue weighted by Crippen LogP contribution is 2.38. The van der Waals surface area contributed by atoms with Crippen molar-refractivity contribution in [2.45, 2.75) is 51.0 Å². The van der Waals surface area contributed by atoms with Crippen LogP contribution < -0.4 is 5.73 Å². The molecule has 0 bridgehead atoms. The van der Waals surface area contributed by atoms with E-state index in [1.807, 2.05) is 13.0 Å². The highest BCUT2D eigenvalue weighted by molar-refractivity contribution is 5.44. The fourth-order valence-corrected chi connectivity index (χ4v) is 2.54. The summed E-state index contributed by atoms with van der Waals surface area (Å²) in [6.45, 7) is 1.98. The van der Waals surface area contributed by atoms with Crippen molar-refractivity contribution in [3.63, 3.8) is 0 Å². The first-order chi connectivity index (χ1) is 7.62. The number of nitrogens with zero attached hydrogens (tertiary/aromatic N) is 1. The maximum Gasteiger partial charge on any atom is 0.129 e. The number of anilines is 1. The molecule has 1 aromatic heterocycles. The summed E-state index contributed by atoms with van der Waals surface area (Å²) in [4.78, 5) is 4.15. The van der Waals surface area contributed by atoms with Gasteiger partial charge in [-0.25, -0.2) is 4.98 Å². The molecule has 0 aromatic carbocycles. The molecule has 1 heterocycles. The molecule has 1 aromatic rings. The molecule has 1 aliphatic rings. The van der Waals surface area contributed by atoms with Crippen LogP contribution in [0.5, 0.6) is 0 Å². The van der Waals surface area contributed by atoms with E-state index < -0.39 is 5.60 Å². The molecule has 0 unspecified atom stereocenters. The van der Waals surface area contributed by atoms with Gasteiger partial charge in [0.05, 0.1) is 5.60 Å². The van der Waals surface area contributed by atoms with Crippen molar-refractivity contribution >= 4 is 5.82 Å². The molecule has 88 valence electrons. The number of nitrogen functional groups attached to an aromatic ring is 1. The van der Waals surface area contributed by atoms with Crippen molar-refractivity contribution < 1.29 is 5.11 Å². The van der Waals surface area contributed by atoms with E-state index >= 15 is 0 Å². The Bertz CT molecular complexity index is 368. The molecular weight excluding hydrogens is 200 g/mol. The predicted octanol–water partition coefficient (Wildman–Crippen LogP) is 2.51. The molecular formula is C13H20N2O. The van der Waals surface area contributed by atoms with Crippen molar-refractivity contribution in [2.75, 3.05) is 5.73 Å². The first-order valence-corrected chi connectivity index (χ1v) is 6.07. The van der Waals surface area contributed by atoms with Crippen molar-refractivity contribution in [3.8, 4) is 0 Å². The first kappa shape index (κ1) is 11.4. The average molecular weight is 220 g/mol. The molecule has 3 nitrogen and oxygen atoms in total. The maximum absolute atomic E-state index is 10.7. The molecule has 0 radical (unpaired) electrons. The van der Waals surface area contributed by atoms with Crippen LogP contribution in [0.15, 0.2) is 12.3 Å². The summed E-state index contributed by atoms with van der Waals surface area (Å²) in [5.74, 6) is 0.481. The van der Waals surface area contributed by atoms with E-state index in [1.54, 1.807) is 6.20 Å². The van der Waals surface area contributed by atoms with E-state index in [4.69, 9.17) is 5.73 Å². The zero-order valence-electron chi connectivity index (χ0n) is 9.87. The van der Waals surface area contributed by atoms with Crippen LogP contribution in [0.2, 0.25) is 0 Å². The van der Waals surface area contributed by atoms with Gasteiger partial charge in [-0.1, -0.05) is 25.7 Å². The highest BCUT2D eigenvalue weighted by atomic mass is 16.3. The summed E-state index contributed by atoms with van der Waals surface area (Å²) >= 11 is 0. The number of rotatable bonds is 1. The smallest absolute Gasteiger partial charge is 0.129 e. The summed E-state index contributed by atoms with van der Waals surface area (Å²) in [6.07, 6.45) is 7.93. The van der Waals surface area contributed by atoms with Crippen LogP contribution in [0, 0.1) is 6.92 Å². The molecule has 1 fully saturated rings. The predicted molar refractivity (Wildman–Crippen MR) is 65.0 cm³/mol. The van der Waals surface area contributed by atoms with Crippen LogP contribution in [0.4, 0.5) is 5.82 Å². The standard InChI is InChI=1S/C13H20N2O/c1-10-8-11(12(14)15-9-10)13(16)6-4-2-3-5-7-13/h8-9,16H,2-7H2,1H3,(H2,14,15). The number of aryl methyl sites for hydroxylation is 1. The second-order valence-corrected chi connectivity index (χ2v) is 4.89. The zero-order chi connectivity index (χ0) is 11.6. The SMILES string of the molecule is Cc1cnc(N)c(C2(O)CCCCCC2)c1. The molecule has 0 saturated heterocycles. The Labute approximate surface area is 96.7 Å². The van der Waals surface area contributed by atoms with Gasteiger partial charge in [-0.05, 0) is 31.4 Å². The lowest BCUT2D eigenvalue weighted by molar-refractivity contribution is 0.0211. The number of aliphatic hydroxyl groups is 1. The van der Waals surface area contributed by atoms with E-state index in [-0.39, 0.29) is 0 Å². The van der Waals surface area contributed by atoms with Gasteiger partial charge in [0.15, 0.2) is 0 Å². The highest BCUT2D eigenvalue weighted by Gasteiger charge is 2.32. The molecule has 16 heavy (non-hydrogen) atoms. The lowest BCUT2D eigenvalue weighted by Crippen LogP contribution is -2.26. The Hall–Kier alpha value is -1.09. The summed E-state index contributed by atoms with van der Waals surface area (Å²) in [7, 11) is 0. The summed E-state index contributed by atoms with van der Waals surface area (Å²) in [5, 5.41) is 10.7. The fraction of sp³-hybridized carbons (Fsp3) is 0.615. The third-order valence-electron chi connectivity index (χ3n) is 3.49. The quantitative estimate of drug-likeness (QED) is 0.715. The second-order valence-electron chi connectivity index (χ2n) is 4.89. The fourth-order valence-electron chi connectivity index (χ4n) is 2.54. The largest absolute Gasteiger partial charge is 0.385 e. The summed E-state index contributed by atoms with van der Waals surface area (Å²) in [5.41, 5.74) is 7.02. The molecule has 0 spiro atoms. The molecule has 3 N–H and O–H groups in total. The van der Waals surface area contributed by atoms with Crippen LogP contribution >= 0.6 is 0 Å². The third-order valence-corrected chi connectivity index (χ3v) is 3.49. The van der Waals surface area contributed by atoms with Gasteiger partial charge in [-0.2, -0.15) is 0 Å². The Morgan fingerprint density at radius 3 is 2.50 bits per heavy atom. The maximum atomic E-state index is 10.7. The lowest BCUT2D eigenvalue weighted by Gasteiger charge is -2.28. The second kappa shape index (κ2) is 4.42. The van der Waals surface area contributed by atoms with Gasteiger partial charge < -0.3 is 10.8 Å². The Kier molecular flexibility index (Phi) is 3.15. The van der Waals surface area contributed by atoms with Gasteiger partial charge in [-0.15, -0.1) is 0 Å². The molecule has 0 aliphatic heterocycles. The number of aromatic nitrogens is 1. The van der Waals surface area contributed by atoms with Crippen LogP contribution in [0.1, 0.15) is 49.7 Å². The van der Waals surface area contributed by atoms with Crippen molar-refractivity contribution in [3.05, 3.63) is 23.4 Å². The molecule has 0 atom stereocenters. The normalized spacial score (nSPS) is 20.4. The van der Waals surface area contributed by atoms with Crippen LogP contribution in [0.25, 0.3) is 0 Å². The summed E-state index contributed by atoms with van der Waals surface area (Å²) < 4.78 is 0. The Balaban J connectivity index is 2.36. The van der Waals surface area contributed by atoms with Crippen LogP contribution in [-0.4, -0.2) is 10.1 Å². The average Bonchev–Trinajstić information content (AvgIpc) is 2.48. The van der Waals surface area contributed by atoms with E-state index in [0.29, 0.717) is 5.82 Å². The monoisotopic (exact) mass is 220 g/mol. The van der Waals surface area contributed by atoms with Gasteiger partial charge in [0.25, 0.3) is 0 Å². The van der Waals surface area contributed by atoms with E-state index in [0.717, 1.165) is 36.8 Å². The molecule has 3 heteroatoms. The number of hydrogen-bond donors (Lipinski definition) is 2. The van der Waals surface area contributed by atoms with E-state index in [2.05, 4.69) is 4.98 Å². The summed E-state index contributed by atoms with van der Waals surface area (Å²) in [6, 6.07) is 1.98. The minimum atomic E-state index is -0.750. The zero-order valence-corrected chi connectivity index (χ0v) is 9.87. The number of pyridine rings is 1. The van der Waals surface area contributed by atoms with Crippen LogP contribution in [0.3, 0.4) is 0 Å². The molecule has 0 amide bonds. The molecule has 1 aliphatic carbocycles. The minimum absolute atomic E-state index is 0.481. The van der Waals surface area contributed by atoms with Crippen molar-refractivity contribution in [1.82, 2.24) is 4.98 Å².